The van der Waals surface area contributed by atoms with Crippen LogP contribution in [0.25, 0.3) is 12.2 Å². The molecule has 2 atom stereocenters. The highest BCUT2D eigenvalue weighted by molar-refractivity contribution is 6.20. The lowest BCUT2D eigenvalue weighted by atomic mass is 9.97. The number of pyridine rings is 1. The second kappa shape index (κ2) is 11.9. The molecule has 3 aromatic rings. The van der Waals surface area contributed by atoms with Gasteiger partial charge in [0, 0.05) is 23.0 Å². The van der Waals surface area contributed by atoms with Crippen LogP contribution in [0.2, 0.25) is 0 Å². The molecule has 0 aliphatic carbocycles. The number of halogens is 6. The van der Waals surface area contributed by atoms with E-state index in [9.17, 15) is 35.9 Å². The number of rotatable bonds is 4. The van der Waals surface area contributed by atoms with Gasteiger partial charge in [-0.05, 0) is 84.5 Å². The van der Waals surface area contributed by atoms with Crippen LogP contribution in [0.5, 0.6) is 0 Å². The first-order chi connectivity index (χ1) is 23.3. The monoisotopic (exact) mass is 672 g/mol. The number of amides is 1. The zero-order valence-corrected chi connectivity index (χ0v) is 24.9. The fraction of sp³-hybridized carbons (Fsp3) is 0.114. The minimum absolute atomic E-state index is 0.0317. The SMILES string of the molecule is O=C(NC(c1ccc(C(F)(F)F)cc1)c1ncccc1C(F)(F)F)C1=C2C=CC(=N2)C=c2ccc([nH]2)=CC2=NC(=C[C@@H]3NC1=CC3=O)C=C2. The first-order valence-electron chi connectivity index (χ1n) is 14.7. The van der Waals surface area contributed by atoms with Gasteiger partial charge in [-0.25, -0.2) is 9.98 Å². The smallest absolute Gasteiger partial charge is 0.371 e. The molecule has 14 heteroatoms. The molecule has 1 amide bonds. The van der Waals surface area contributed by atoms with Crippen molar-refractivity contribution in [2.75, 3.05) is 0 Å². The number of nitrogens with zero attached hydrogens (tertiary/aromatic N) is 3. The van der Waals surface area contributed by atoms with Gasteiger partial charge in [0.1, 0.15) is 6.04 Å². The third kappa shape index (κ3) is 6.44. The van der Waals surface area contributed by atoms with Gasteiger partial charge >= 0.3 is 12.4 Å². The molecule has 8 bridgehead atoms. The van der Waals surface area contributed by atoms with Crippen LogP contribution in [0.1, 0.15) is 28.4 Å². The van der Waals surface area contributed by atoms with E-state index in [-0.39, 0.29) is 22.5 Å². The zero-order valence-electron chi connectivity index (χ0n) is 24.9. The summed E-state index contributed by atoms with van der Waals surface area (Å²) in [4.78, 5) is 43.6. The lowest BCUT2D eigenvalue weighted by Crippen LogP contribution is -2.35. The van der Waals surface area contributed by atoms with Crippen molar-refractivity contribution in [1.82, 2.24) is 20.6 Å². The number of aromatic amines is 1. The quantitative estimate of drug-likeness (QED) is 0.355. The van der Waals surface area contributed by atoms with E-state index >= 15 is 0 Å². The Balaban J connectivity index is 1.35. The Morgan fingerprint density at radius 3 is 2.20 bits per heavy atom. The van der Waals surface area contributed by atoms with Gasteiger partial charge in [0.05, 0.1) is 57.0 Å². The van der Waals surface area contributed by atoms with Crippen molar-refractivity contribution in [3.05, 3.63) is 147 Å². The highest BCUT2D eigenvalue weighted by Crippen LogP contribution is 2.37. The van der Waals surface area contributed by atoms with Crippen molar-refractivity contribution in [3.63, 3.8) is 0 Å². The Labute approximate surface area is 273 Å². The third-order valence-corrected chi connectivity index (χ3v) is 7.94. The van der Waals surface area contributed by atoms with E-state index in [1.165, 1.54) is 12.2 Å². The molecule has 1 aromatic carbocycles. The van der Waals surface area contributed by atoms with Crippen LogP contribution >= 0.6 is 0 Å². The number of hydrogen-bond donors (Lipinski definition) is 3. The minimum Gasteiger partial charge on any atom is -0.371 e. The third-order valence-electron chi connectivity index (χ3n) is 7.94. The summed E-state index contributed by atoms with van der Waals surface area (Å²) in [5.41, 5.74) is -1.51. The van der Waals surface area contributed by atoms with E-state index in [1.807, 2.05) is 18.2 Å². The number of hydrogen-bond acceptors (Lipinski definition) is 6. The molecule has 246 valence electrons. The van der Waals surface area contributed by atoms with Gasteiger partial charge in [-0.15, -0.1) is 0 Å². The fourth-order valence-corrected chi connectivity index (χ4v) is 5.67. The molecule has 0 radical (unpaired) electrons. The summed E-state index contributed by atoms with van der Waals surface area (Å²) in [6.45, 7) is 0. The van der Waals surface area contributed by atoms with Crippen LogP contribution in [0.15, 0.2) is 124 Å². The summed E-state index contributed by atoms with van der Waals surface area (Å²) < 4.78 is 82.7. The number of nitrogens with one attached hydrogen (secondary N) is 3. The van der Waals surface area contributed by atoms with E-state index < -0.39 is 52.9 Å². The van der Waals surface area contributed by atoms with Crippen LogP contribution in [0.3, 0.4) is 0 Å². The molecular formula is C35H22F6N6O2. The average molecular weight is 673 g/mol. The van der Waals surface area contributed by atoms with Crippen molar-refractivity contribution in [2.45, 2.75) is 24.4 Å². The first-order valence-corrected chi connectivity index (χ1v) is 14.7. The predicted molar refractivity (Wildman–Crippen MR) is 168 cm³/mol. The number of H-pyrrole nitrogens is 1. The number of carbonyl (C=O) groups excluding carboxylic acids is 2. The molecule has 0 fully saturated rings. The molecule has 2 aromatic heterocycles. The summed E-state index contributed by atoms with van der Waals surface area (Å²) >= 11 is 0. The van der Waals surface area contributed by atoms with E-state index in [0.29, 0.717) is 34.6 Å². The van der Waals surface area contributed by atoms with Crippen LogP contribution in [-0.2, 0) is 21.9 Å². The van der Waals surface area contributed by atoms with Crippen molar-refractivity contribution in [3.8, 4) is 0 Å². The van der Waals surface area contributed by atoms with Gasteiger partial charge < -0.3 is 15.6 Å². The van der Waals surface area contributed by atoms with Gasteiger partial charge in [-0.1, -0.05) is 12.1 Å². The maximum absolute atomic E-state index is 14.3. The van der Waals surface area contributed by atoms with Crippen molar-refractivity contribution in [2.24, 2.45) is 9.98 Å². The second-order valence-electron chi connectivity index (χ2n) is 11.3. The number of fused-ring (bicyclic) bond motifs is 6. The van der Waals surface area contributed by atoms with Crippen LogP contribution in [-0.4, -0.2) is 39.1 Å². The van der Waals surface area contributed by atoms with E-state index in [2.05, 4.69) is 30.6 Å². The number of carbonyl (C=O) groups is 2. The number of alkyl halides is 6. The van der Waals surface area contributed by atoms with Gasteiger partial charge in [0.2, 0.25) is 0 Å². The normalized spacial score (nSPS) is 19.0. The lowest BCUT2D eigenvalue weighted by molar-refractivity contribution is -0.139. The van der Waals surface area contributed by atoms with Crippen molar-refractivity contribution >= 4 is 35.3 Å². The van der Waals surface area contributed by atoms with Gasteiger partial charge in [0.15, 0.2) is 5.78 Å². The Hall–Kier alpha value is -6.05. The van der Waals surface area contributed by atoms with Crippen molar-refractivity contribution in [1.29, 1.82) is 0 Å². The number of ketones is 1. The number of aromatic nitrogens is 2. The van der Waals surface area contributed by atoms with Gasteiger partial charge in [-0.3, -0.25) is 14.6 Å². The summed E-state index contributed by atoms with van der Waals surface area (Å²) in [6.07, 6.45) is 4.36. The molecule has 4 aliphatic heterocycles. The highest BCUT2D eigenvalue weighted by Gasteiger charge is 2.39. The Kier molecular flexibility index (Phi) is 7.65. The van der Waals surface area contributed by atoms with Gasteiger partial charge in [-0.2, -0.15) is 26.3 Å². The molecule has 7 rings (SSSR count). The molecule has 0 saturated heterocycles. The summed E-state index contributed by atoms with van der Waals surface area (Å²) in [7, 11) is 0. The van der Waals surface area contributed by atoms with Crippen LogP contribution in [0.4, 0.5) is 26.3 Å². The molecule has 0 saturated carbocycles. The standard InChI is InChI=1S/C35H22F6N6O2/c36-34(37,38)19-5-3-18(4-6-19)31(32-25(35(39,40)41)2-1-13-42-32)47-33(49)30-26-12-11-23(45-26)15-22-8-7-20(43-22)14-21-9-10-24(44-21)16-27-29(48)17-28(30)46-27/h1-17,27,31,43,46H,(H,47,49)/t27-,31?/m0/s1. The second-order valence-corrected chi connectivity index (χ2v) is 11.3. The van der Waals surface area contributed by atoms with E-state index in [1.54, 1.807) is 30.4 Å². The average Bonchev–Trinajstić information content (AvgIpc) is 3.86. The van der Waals surface area contributed by atoms with Crippen LogP contribution < -0.4 is 21.3 Å². The summed E-state index contributed by atoms with van der Waals surface area (Å²) in [5.74, 6) is -1.39. The lowest BCUT2D eigenvalue weighted by Gasteiger charge is -2.24. The van der Waals surface area contributed by atoms with Crippen molar-refractivity contribution < 1.29 is 35.9 Å². The van der Waals surface area contributed by atoms with Crippen LogP contribution in [0, 0.1) is 0 Å². The number of allylic oxidation sites excluding steroid dienone is 4. The highest BCUT2D eigenvalue weighted by atomic mass is 19.4. The Morgan fingerprint density at radius 2 is 1.51 bits per heavy atom. The minimum atomic E-state index is -4.92. The summed E-state index contributed by atoms with van der Waals surface area (Å²) in [5, 5.41) is 6.97. The topological polar surface area (TPSA) is 112 Å². The Bertz CT molecular complexity index is 2250. The number of benzene rings is 1. The first kappa shape index (κ1) is 31.5. The number of aliphatic imine (C=N–C) groups is 2. The fourth-order valence-electron chi connectivity index (χ4n) is 5.67. The summed E-state index contributed by atoms with van der Waals surface area (Å²) in [6, 6.07) is 6.24. The molecule has 6 heterocycles. The molecular weight excluding hydrogens is 650 g/mol. The molecule has 3 N–H and O–H groups in total. The molecule has 8 nitrogen and oxygen atoms in total. The maximum Gasteiger partial charge on any atom is 0.418 e. The maximum atomic E-state index is 14.3. The molecule has 1 unspecified atom stereocenters. The van der Waals surface area contributed by atoms with E-state index in [4.69, 9.17) is 0 Å². The zero-order chi connectivity index (χ0) is 34.5. The largest absolute Gasteiger partial charge is 0.418 e. The molecule has 0 spiro atoms. The van der Waals surface area contributed by atoms with Gasteiger partial charge in [0.25, 0.3) is 5.91 Å². The van der Waals surface area contributed by atoms with E-state index in [0.717, 1.165) is 35.8 Å². The predicted octanol–water partition coefficient (Wildman–Crippen LogP) is 4.51. The molecule has 49 heavy (non-hydrogen) atoms. The Morgan fingerprint density at radius 1 is 0.816 bits per heavy atom. The molecule has 4 aliphatic rings.